The summed E-state index contributed by atoms with van der Waals surface area (Å²) in [6, 6.07) is 7.03. The number of benzene rings is 1. The van der Waals surface area contributed by atoms with Gasteiger partial charge in [-0.15, -0.1) is 11.3 Å². The van der Waals surface area contributed by atoms with Crippen molar-refractivity contribution in [3.8, 4) is 0 Å². The summed E-state index contributed by atoms with van der Waals surface area (Å²) in [7, 11) is 1.35. The molecule has 0 aliphatic rings. The maximum atomic E-state index is 11.7. The molecule has 0 unspecified atom stereocenters. The van der Waals surface area contributed by atoms with E-state index in [-0.39, 0.29) is 0 Å². The van der Waals surface area contributed by atoms with Gasteiger partial charge in [-0.05, 0) is 42.9 Å². The summed E-state index contributed by atoms with van der Waals surface area (Å²) in [5, 5.41) is 8.25. The summed E-state index contributed by atoms with van der Waals surface area (Å²) in [4.78, 5) is 12.7. The highest BCUT2D eigenvalue weighted by molar-refractivity contribution is 7.80. The third kappa shape index (κ3) is 4.81. The molecule has 23 heavy (non-hydrogen) atoms. The van der Waals surface area contributed by atoms with Crippen molar-refractivity contribution in [3.05, 3.63) is 50.3 Å². The molecule has 0 saturated carbocycles. The predicted molar refractivity (Wildman–Crippen MR) is 99.9 cm³/mol. The first-order chi connectivity index (χ1) is 10.9. The molecule has 122 valence electrons. The summed E-state index contributed by atoms with van der Waals surface area (Å²) in [5.74, 6) is -0.402. The maximum Gasteiger partial charge on any atom is 0.340 e. The Hall–Kier alpha value is -1.34. The van der Waals surface area contributed by atoms with Gasteiger partial charge in [-0.25, -0.2) is 4.79 Å². The van der Waals surface area contributed by atoms with Crippen LogP contribution in [0.25, 0.3) is 0 Å². The van der Waals surface area contributed by atoms with Crippen LogP contribution in [0.4, 0.5) is 5.00 Å². The maximum absolute atomic E-state index is 11.7. The number of halogens is 2. The van der Waals surface area contributed by atoms with E-state index in [9.17, 15) is 4.79 Å². The van der Waals surface area contributed by atoms with Crippen molar-refractivity contribution in [1.29, 1.82) is 0 Å². The van der Waals surface area contributed by atoms with E-state index in [1.165, 1.54) is 18.4 Å². The highest BCUT2D eigenvalue weighted by atomic mass is 35.5. The second kappa shape index (κ2) is 7.97. The third-order valence-corrected chi connectivity index (χ3v) is 4.74. The Morgan fingerprint density at radius 3 is 2.74 bits per heavy atom. The molecular weight excluding hydrogens is 375 g/mol. The zero-order valence-electron chi connectivity index (χ0n) is 12.4. The molecule has 0 aliphatic heterocycles. The molecule has 0 aliphatic carbocycles. The van der Waals surface area contributed by atoms with E-state index in [1.807, 2.05) is 13.0 Å². The van der Waals surface area contributed by atoms with Crippen LogP contribution in [-0.4, -0.2) is 18.2 Å². The summed E-state index contributed by atoms with van der Waals surface area (Å²) in [6.45, 7) is 2.35. The Bertz CT molecular complexity index is 747. The Labute approximate surface area is 153 Å². The number of nitrogens with one attached hydrogen (secondary N) is 2. The van der Waals surface area contributed by atoms with Crippen LogP contribution in [-0.2, 0) is 11.3 Å². The summed E-state index contributed by atoms with van der Waals surface area (Å²) >= 11 is 18.7. The first kappa shape index (κ1) is 18.0. The van der Waals surface area contributed by atoms with Crippen molar-refractivity contribution in [2.45, 2.75) is 13.5 Å². The summed E-state index contributed by atoms with van der Waals surface area (Å²) in [5.41, 5.74) is 1.33. The number of carbonyl (C=O) groups excluding carboxylic acids is 1. The molecule has 0 saturated heterocycles. The number of carbonyl (C=O) groups is 1. The minimum atomic E-state index is -0.402. The quantitative estimate of drug-likeness (QED) is 0.590. The minimum Gasteiger partial charge on any atom is -0.465 e. The number of hydrogen-bond acceptors (Lipinski definition) is 4. The lowest BCUT2D eigenvalue weighted by Crippen LogP contribution is -2.28. The van der Waals surface area contributed by atoms with E-state index in [4.69, 9.17) is 40.2 Å². The Kier molecular flexibility index (Phi) is 6.24. The molecule has 1 heterocycles. The highest BCUT2D eigenvalue weighted by Crippen LogP contribution is 2.28. The van der Waals surface area contributed by atoms with Crippen LogP contribution in [0, 0.1) is 6.92 Å². The van der Waals surface area contributed by atoms with Gasteiger partial charge >= 0.3 is 5.97 Å². The second-order valence-corrected chi connectivity index (χ2v) is 7.14. The number of rotatable bonds is 4. The van der Waals surface area contributed by atoms with Gasteiger partial charge in [0.1, 0.15) is 5.00 Å². The van der Waals surface area contributed by atoms with Gasteiger partial charge in [-0.3, -0.25) is 0 Å². The first-order valence-corrected chi connectivity index (χ1v) is 8.56. The molecule has 1 aromatic heterocycles. The van der Waals surface area contributed by atoms with Crippen molar-refractivity contribution < 1.29 is 9.53 Å². The third-order valence-electron chi connectivity index (χ3n) is 2.94. The number of aryl methyl sites for hydroxylation is 1. The molecule has 0 bridgehead atoms. The number of methoxy groups -OCH3 is 1. The van der Waals surface area contributed by atoms with Crippen LogP contribution in [0.1, 0.15) is 20.8 Å². The van der Waals surface area contributed by atoms with Crippen LogP contribution in [0.3, 0.4) is 0 Å². The average molecular weight is 389 g/mol. The van der Waals surface area contributed by atoms with Crippen molar-refractivity contribution >= 4 is 62.8 Å². The van der Waals surface area contributed by atoms with Gasteiger partial charge in [0.05, 0.1) is 12.7 Å². The fourth-order valence-electron chi connectivity index (χ4n) is 1.86. The monoisotopic (exact) mass is 388 g/mol. The van der Waals surface area contributed by atoms with E-state index >= 15 is 0 Å². The van der Waals surface area contributed by atoms with Crippen molar-refractivity contribution in [1.82, 2.24) is 5.32 Å². The molecule has 8 heteroatoms. The summed E-state index contributed by atoms with van der Waals surface area (Å²) < 4.78 is 4.76. The molecule has 0 fully saturated rings. The van der Waals surface area contributed by atoms with Gasteiger partial charge in [0.25, 0.3) is 0 Å². The van der Waals surface area contributed by atoms with Gasteiger partial charge in [0, 0.05) is 21.5 Å². The van der Waals surface area contributed by atoms with Crippen LogP contribution in [0.5, 0.6) is 0 Å². The summed E-state index contributed by atoms with van der Waals surface area (Å²) in [6.07, 6.45) is 0. The molecule has 0 spiro atoms. The predicted octanol–water partition coefficient (Wildman–Crippen LogP) is 4.64. The van der Waals surface area contributed by atoms with Gasteiger partial charge < -0.3 is 15.4 Å². The van der Waals surface area contributed by atoms with Gasteiger partial charge in [0.2, 0.25) is 0 Å². The van der Waals surface area contributed by atoms with E-state index in [0.717, 1.165) is 10.4 Å². The van der Waals surface area contributed by atoms with Gasteiger partial charge in [0.15, 0.2) is 5.11 Å². The molecule has 2 rings (SSSR count). The zero-order chi connectivity index (χ0) is 17.0. The topological polar surface area (TPSA) is 50.4 Å². The Morgan fingerprint density at radius 1 is 1.35 bits per heavy atom. The van der Waals surface area contributed by atoms with E-state index in [1.54, 1.807) is 18.2 Å². The number of esters is 1. The van der Waals surface area contributed by atoms with Crippen molar-refractivity contribution in [3.63, 3.8) is 0 Å². The molecule has 2 aromatic rings. The molecular formula is C15H14Cl2N2O2S2. The molecule has 1 aromatic carbocycles. The Morgan fingerprint density at radius 2 is 2.09 bits per heavy atom. The smallest absolute Gasteiger partial charge is 0.340 e. The number of ether oxygens (including phenoxy) is 1. The van der Waals surface area contributed by atoms with E-state index < -0.39 is 5.97 Å². The van der Waals surface area contributed by atoms with Crippen LogP contribution in [0.2, 0.25) is 10.0 Å². The van der Waals surface area contributed by atoms with Crippen LogP contribution >= 0.6 is 46.8 Å². The highest BCUT2D eigenvalue weighted by Gasteiger charge is 2.16. The van der Waals surface area contributed by atoms with Gasteiger partial charge in [-0.2, -0.15) is 0 Å². The lowest BCUT2D eigenvalue weighted by molar-refractivity contribution is 0.0602. The molecule has 2 N–H and O–H groups in total. The lowest BCUT2D eigenvalue weighted by Gasteiger charge is -2.11. The first-order valence-electron chi connectivity index (χ1n) is 6.58. The molecule has 0 radical (unpaired) electrons. The standard InChI is InChI=1S/C15H14Cl2N2O2S2/c1-8-5-11(14(20)21-2)13(23-8)19-15(22)18-7-9-3-4-10(16)6-12(9)17/h3-6H,7H2,1-2H3,(H2,18,19,22). The number of anilines is 1. The molecule has 4 nitrogen and oxygen atoms in total. The number of hydrogen-bond donors (Lipinski definition) is 2. The van der Waals surface area contributed by atoms with Crippen LogP contribution in [0.15, 0.2) is 24.3 Å². The fraction of sp³-hybridized carbons (Fsp3) is 0.200. The largest absolute Gasteiger partial charge is 0.465 e. The minimum absolute atomic E-state index is 0.392. The van der Waals surface area contributed by atoms with Crippen molar-refractivity contribution in [2.75, 3.05) is 12.4 Å². The fourth-order valence-corrected chi connectivity index (χ4v) is 3.47. The van der Waals surface area contributed by atoms with E-state index in [2.05, 4.69) is 10.6 Å². The lowest BCUT2D eigenvalue weighted by atomic mass is 10.2. The van der Waals surface area contributed by atoms with Crippen LogP contribution < -0.4 is 10.6 Å². The number of thiophene rings is 1. The van der Waals surface area contributed by atoms with Gasteiger partial charge in [-0.1, -0.05) is 29.3 Å². The SMILES string of the molecule is COC(=O)c1cc(C)sc1NC(=S)NCc1ccc(Cl)cc1Cl. The average Bonchev–Trinajstić information content (AvgIpc) is 2.86. The van der Waals surface area contributed by atoms with Crippen molar-refractivity contribution in [2.24, 2.45) is 0 Å². The van der Waals surface area contributed by atoms with E-state index in [0.29, 0.717) is 32.3 Å². The molecule has 0 atom stereocenters. The normalized spacial score (nSPS) is 10.3. The Balaban J connectivity index is 2.01. The zero-order valence-corrected chi connectivity index (χ0v) is 15.6. The molecule has 0 amide bonds. The second-order valence-electron chi connectivity index (χ2n) is 4.63. The number of thiocarbonyl (C=S) groups is 1.